The standard InChI is InChI=1S/C22H24N2O9.H2O/c1-21(32)7-5-4-6-8(25)9(7)15(26)10-12(21)17(28)13-14(24(2)3)16(27)11(20(23)31)19(30)22(13,33)18(10)29;/h4-6,12-14,17,25-26,28,30,32-33H,1-3H3,(H2,23,31);1H2/t12?,13-,14+,17+,21-,22+;/m1./s1. The van der Waals surface area contributed by atoms with E-state index in [-0.39, 0.29) is 16.6 Å². The van der Waals surface area contributed by atoms with Crippen LogP contribution in [0.15, 0.2) is 35.1 Å². The van der Waals surface area contributed by atoms with Gasteiger partial charge in [0.1, 0.15) is 22.8 Å². The first-order valence-corrected chi connectivity index (χ1v) is 10.1. The molecule has 0 bridgehead atoms. The highest BCUT2D eigenvalue weighted by Gasteiger charge is 2.70. The maximum Gasteiger partial charge on any atom is 0.255 e. The molecule has 0 spiro atoms. The third-order valence-corrected chi connectivity index (χ3v) is 7.03. The van der Waals surface area contributed by atoms with Crippen molar-refractivity contribution in [3.05, 3.63) is 46.2 Å². The first kappa shape index (κ1) is 25.3. The molecule has 12 nitrogen and oxygen atoms in total. The van der Waals surface area contributed by atoms with Gasteiger partial charge < -0.3 is 41.8 Å². The van der Waals surface area contributed by atoms with E-state index in [4.69, 9.17) is 5.73 Å². The summed E-state index contributed by atoms with van der Waals surface area (Å²) in [7, 11) is 2.80. The van der Waals surface area contributed by atoms with Crippen molar-refractivity contribution in [3.63, 3.8) is 0 Å². The lowest BCUT2D eigenvalue weighted by molar-refractivity contribution is -0.181. The molecule has 1 amide bonds. The van der Waals surface area contributed by atoms with Crippen molar-refractivity contribution >= 4 is 23.2 Å². The summed E-state index contributed by atoms with van der Waals surface area (Å²) in [6.07, 6.45) is -1.87. The minimum absolute atomic E-state index is 0. The molecule has 0 aromatic heterocycles. The van der Waals surface area contributed by atoms with Gasteiger partial charge in [0.2, 0.25) is 5.78 Å². The molecule has 10 N–H and O–H groups in total. The van der Waals surface area contributed by atoms with Crippen molar-refractivity contribution in [3.8, 4) is 5.75 Å². The number of hydrogen-bond donors (Lipinski definition) is 7. The first-order chi connectivity index (χ1) is 15.2. The Balaban J connectivity index is 0.00000324. The minimum Gasteiger partial charge on any atom is -0.508 e. The number of carbonyl (C=O) groups is 3. The zero-order valence-electron chi connectivity index (χ0n) is 18.5. The summed E-state index contributed by atoms with van der Waals surface area (Å²) >= 11 is 0. The number of aliphatic hydroxyl groups excluding tert-OH is 3. The monoisotopic (exact) mass is 478 g/mol. The Labute approximate surface area is 193 Å². The number of carbonyl (C=O) groups excluding carboxylic acids is 3. The van der Waals surface area contributed by atoms with Crippen LogP contribution in [-0.4, -0.2) is 90.3 Å². The summed E-state index contributed by atoms with van der Waals surface area (Å²) in [6, 6.07) is 2.50. The second kappa shape index (κ2) is 7.61. The van der Waals surface area contributed by atoms with Crippen LogP contribution in [0.3, 0.4) is 0 Å². The summed E-state index contributed by atoms with van der Waals surface area (Å²) in [4.78, 5) is 39.9. The van der Waals surface area contributed by atoms with Crippen LogP contribution in [0.1, 0.15) is 18.1 Å². The van der Waals surface area contributed by atoms with Crippen LogP contribution in [0.2, 0.25) is 0 Å². The third kappa shape index (κ3) is 2.80. The van der Waals surface area contributed by atoms with Crippen molar-refractivity contribution in [2.24, 2.45) is 17.6 Å². The van der Waals surface area contributed by atoms with Gasteiger partial charge in [-0.25, -0.2) is 0 Å². The molecule has 0 saturated heterocycles. The molecule has 0 heterocycles. The van der Waals surface area contributed by atoms with Gasteiger partial charge in [-0.3, -0.25) is 19.3 Å². The van der Waals surface area contributed by atoms with E-state index in [0.29, 0.717) is 0 Å². The highest BCUT2D eigenvalue weighted by molar-refractivity contribution is 6.24. The fourth-order valence-electron chi connectivity index (χ4n) is 5.60. The van der Waals surface area contributed by atoms with Gasteiger partial charge in [0, 0.05) is 0 Å². The van der Waals surface area contributed by atoms with E-state index >= 15 is 0 Å². The molecule has 0 radical (unpaired) electrons. The number of likely N-dealkylation sites (N-methyl/N-ethyl adjacent to an activating group) is 1. The second-order valence-corrected chi connectivity index (χ2v) is 9.06. The SMILES string of the molecule is CN(C)[C@@H]1C(=O)C(C(N)=O)=C(O)[C@@]2(O)C(=O)C3=C(O)c4c(O)cccc4[C@@](C)(O)C3[C@H](O)[C@@H]12.O. The number of Topliss-reactive ketones (excluding diaryl/α,β-unsaturated/α-hetero) is 2. The molecule has 1 unspecified atom stereocenters. The van der Waals surface area contributed by atoms with Crippen LogP contribution in [0.5, 0.6) is 5.75 Å². The minimum atomic E-state index is -3.02. The number of ketones is 2. The molecule has 1 saturated carbocycles. The maximum atomic E-state index is 13.7. The van der Waals surface area contributed by atoms with Gasteiger partial charge in [0.05, 0.1) is 40.7 Å². The highest BCUT2D eigenvalue weighted by Crippen LogP contribution is 2.57. The molecule has 1 fully saturated rings. The van der Waals surface area contributed by atoms with Gasteiger partial charge in [-0.05, 0) is 32.6 Å². The smallest absolute Gasteiger partial charge is 0.255 e. The molecule has 1 aromatic rings. The molecule has 4 rings (SSSR count). The number of aliphatic hydroxyl groups is 5. The van der Waals surface area contributed by atoms with Crippen molar-refractivity contribution in [1.29, 1.82) is 0 Å². The molecular weight excluding hydrogens is 452 g/mol. The van der Waals surface area contributed by atoms with E-state index in [1.807, 2.05) is 0 Å². The van der Waals surface area contributed by atoms with E-state index in [1.54, 1.807) is 0 Å². The lowest BCUT2D eigenvalue weighted by Crippen LogP contribution is -2.71. The number of nitrogens with zero attached hydrogens (tertiary/aromatic N) is 1. The van der Waals surface area contributed by atoms with Crippen LogP contribution in [0, 0.1) is 11.8 Å². The van der Waals surface area contributed by atoms with Crippen molar-refractivity contribution < 1.29 is 50.5 Å². The molecular formula is C22H26N2O10. The predicted molar refractivity (Wildman–Crippen MR) is 115 cm³/mol. The van der Waals surface area contributed by atoms with Gasteiger partial charge >= 0.3 is 0 Å². The summed E-state index contributed by atoms with van der Waals surface area (Å²) in [5, 5.41) is 66.3. The molecule has 3 aliphatic carbocycles. The number of aromatic hydroxyl groups is 1. The summed E-state index contributed by atoms with van der Waals surface area (Å²) < 4.78 is 0. The predicted octanol–water partition coefficient (Wildman–Crippen LogP) is -2.22. The second-order valence-electron chi connectivity index (χ2n) is 9.06. The number of fused-ring (bicyclic) bond motifs is 3. The lowest BCUT2D eigenvalue weighted by atomic mass is 9.53. The summed E-state index contributed by atoms with van der Waals surface area (Å²) in [5.41, 5.74) is -1.78. The van der Waals surface area contributed by atoms with E-state index in [2.05, 4.69) is 0 Å². The van der Waals surface area contributed by atoms with Crippen LogP contribution in [0.4, 0.5) is 0 Å². The molecule has 12 heteroatoms. The largest absolute Gasteiger partial charge is 0.508 e. The molecule has 0 aliphatic heterocycles. The third-order valence-electron chi connectivity index (χ3n) is 7.03. The van der Waals surface area contributed by atoms with Gasteiger partial charge in [-0.2, -0.15) is 0 Å². The number of phenolic OH excluding ortho intramolecular Hbond substituents is 1. The van der Waals surface area contributed by atoms with Gasteiger partial charge in [-0.15, -0.1) is 0 Å². The van der Waals surface area contributed by atoms with Crippen molar-refractivity contribution in [2.75, 3.05) is 14.1 Å². The van der Waals surface area contributed by atoms with Crippen LogP contribution in [-0.2, 0) is 20.0 Å². The van der Waals surface area contributed by atoms with Crippen LogP contribution in [0.25, 0.3) is 5.76 Å². The van der Waals surface area contributed by atoms with E-state index < -0.39 is 81.1 Å². The van der Waals surface area contributed by atoms with Crippen LogP contribution < -0.4 is 5.73 Å². The number of rotatable bonds is 2. The number of amides is 1. The van der Waals surface area contributed by atoms with Crippen molar-refractivity contribution in [2.45, 2.75) is 30.3 Å². The zero-order chi connectivity index (χ0) is 24.8. The number of hydrogen-bond acceptors (Lipinski definition) is 10. The number of benzene rings is 1. The number of phenols is 1. The Morgan fingerprint density at radius 2 is 1.71 bits per heavy atom. The molecule has 3 aliphatic rings. The number of nitrogens with two attached hydrogens (primary N) is 1. The fraction of sp³-hybridized carbons (Fsp3) is 0.409. The topological polar surface area (TPSA) is 233 Å². The Morgan fingerprint density at radius 1 is 1.12 bits per heavy atom. The fourth-order valence-corrected chi connectivity index (χ4v) is 5.60. The molecule has 1 aromatic carbocycles. The van der Waals surface area contributed by atoms with Gasteiger partial charge in [-0.1, -0.05) is 12.1 Å². The summed E-state index contributed by atoms with van der Waals surface area (Å²) in [5.74, 6) is -9.67. The summed E-state index contributed by atoms with van der Waals surface area (Å²) in [6.45, 7) is 1.25. The van der Waals surface area contributed by atoms with Gasteiger partial charge in [0.15, 0.2) is 11.4 Å². The molecule has 34 heavy (non-hydrogen) atoms. The van der Waals surface area contributed by atoms with E-state index in [1.165, 1.54) is 44.1 Å². The Hall–Kier alpha value is -3.29. The van der Waals surface area contributed by atoms with Crippen LogP contribution >= 0.6 is 0 Å². The van der Waals surface area contributed by atoms with E-state index in [0.717, 1.165) is 0 Å². The van der Waals surface area contributed by atoms with Gasteiger partial charge in [0.25, 0.3) is 5.91 Å². The molecule has 184 valence electrons. The highest BCUT2D eigenvalue weighted by atomic mass is 16.4. The van der Waals surface area contributed by atoms with E-state index in [9.17, 15) is 45.0 Å². The normalized spacial score (nSPS) is 34.9. The first-order valence-electron chi connectivity index (χ1n) is 10.1. The number of primary amides is 1. The Bertz CT molecular complexity index is 1180. The molecule has 6 atom stereocenters. The average Bonchev–Trinajstić information content (AvgIpc) is 2.70. The maximum absolute atomic E-state index is 13.7. The quantitative estimate of drug-likeness (QED) is 0.226. The average molecular weight is 478 g/mol. The Kier molecular flexibility index (Phi) is 5.67. The Morgan fingerprint density at radius 3 is 2.24 bits per heavy atom. The lowest BCUT2D eigenvalue weighted by Gasteiger charge is -2.55. The van der Waals surface area contributed by atoms with Crippen molar-refractivity contribution in [1.82, 2.24) is 4.90 Å². The zero-order valence-corrected chi connectivity index (χ0v) is 18.5.